The molecule has 0 bridgehead atoms. The van der Waals surface area contributed by atoms with Crippen LogP contribution in [0.2, 0.25) is 0 Å². The molecular weight excluding hydrogens is 382 g/mol. The maximum absolute atomic E-state index is 14.3. The third-order valence-electron chi connectivity index (χ3n) is 5.39. The number of fused-ring (bicyclic) bond motifs is 1. The number of nitrogens with zero attached hydrogens (tertiary/aromatic N) is 4. The number of hydrogen-bond acceptors (Lipinski definition) is 4. The number of halogens is 2. The highest BCUT2D eigenvalue weighted by atomic mass is 19.2. The van der Waals surface area contributed by atoms with Crippen molar-refractivity contribution in [2.45, 2.75) is 51.7 Å². The van der Waals surface area contributed by atoms with E-state index in [4.69, 9.17) is 0 Å². The van der Waals surface area contributed by atoms with Gasteiger partial charge in [-0.15, -0.1) is 0 Å². The molecule has 0 aliphatic carbocycles. The summed E-state index contributed by atoms with van der Waals surface area (Å²) in [5.74, 6) is -2.09. The monoisotopic (exact) mass is 408 g/mol. The van der Waals surface area contributed by atoms with Crippen molar-refractivity contribution in [1.82, 2.24) is 19.4 Å². The van der Waals surface area contributed by atoms with Crippen molar-refractivity contribution in [1.29, 1.82) is 0 Å². The minimum Gasteiger partial charge on any atom is -0.465 e. The molecule has 1 aromatic carbocycles. The van der Waals surface area contributed by atoms with Crippen molar-refractivity contribution in [2.24, 2.45) is 0 Å². The van der Waals surface area contributed by atoms with Gasteiger partial charge < -0.3 is 19.5 Å². The number of carbonyl (C=O) groups is 1. The predicted octanol–water partition coefficient (Wildman–Crippen LogP) is 2.92. The fourth-order valence-electron chi connectivity index (χ4n) is 4.05. The molecule has 3 rings (SSSR count). The summed E-state index contributed by atoms with van der Waals surface area (Å²) in [4.78, 5) is 31.4. The Bertz CT molecular complexity index is 963. The smallest absolute Gasteiger partial charge is 0.407 e. The molecule has 0 atom stereocenters. The molecule has 1 saturated heterocycles. The standard InChI is InChI=1S/C20H26F2N4O3/c1-20(2,3)26(19(28)29)13-6-8-24(9-7-13)10-11-25-16(27)12-23-15-5-4-14(21)17(22)18(15)25/h4-5,12-13H,6-11H2,1-3H3,(H,28,29). The molecule has 0 unspecified atom stereocenters. The molecule has 0 radical (unpaired) electrons. The van der Waals surface area contributed by atoms with Crippen molar-refractivity contribution < 1.29 is 18.7 Å². The van der Waals surface area contributed by atoms with E-state index in [0.717, 1.165) is 12.3 Å². The fraction of sp³-hybridized carbons (Fsp3) is 0.550. The van der Waals surface area contributed by atoms with Gasteiger partial charge in [0.15, 0.2) is 11.6 Å². The zero-order valence-corrected chi connectivity index (χ0v) is 16.9. The lowest BCUT2D eigenvalue weighted by molar-refractivity contribution is 0.0417. The van der Waals surface area contributed by atoms with Crippen molar-refractivity contribution in [3.8, 4) is 0 Å². The maximum Gasteiger partial charge on any atom is 0.407 e. The highest BCUT2D eigenvalue weighted by Crippen LogP contribution is 2.25. The summed E-state index contributed by atoms with van der Waals surface area (Å²) in [6.45, 7) is 7.64. The van der Waals surface area contributed by atoms with Crippen molar-refractivity contribution in [3.63, 3.8) is 0 Å². The number of benzene rings is 1. The number of amides is 1. The molecule has 1 N–H and O–H groups in total. The second-order valence-corrected chi connectivity index (χ2v) is 8.37. The minimum absolute atomic E-state index is 0.0697. The first-order chi connectivity index (χ1) is 13.6. The maximum atomic E-state index is 14.3. The first-order valence-electron chi connectivity index (χ1n) is 9.68. The van der Waals surface area contributed by atoms with Crippen LogP contribution in [0.1, 0.15) is 33.6 Å². The fourth-order valence-corrected chi connectivity index (χ4v) is 4.05. The van der Waals surface area contributed by atoms with E-state index < -0.39 is 28.8 Å². The minimum atomic E-state index is -1.08. The van der Waals surface area contributed by atoms with Gasteiger partial charge in [-0.2, -0.15) is 0 Å². The zero-order valence-electron chi connectivity index (χ0n) is 16.9. The second kappa shape index (κ2) is 8.06. The summed E-state index contributed by atoms with van der Waals surface area (Å²) in [6.07, 6.45) is 1.54. The topological polar surface area (TPSA) is 78.7 Å². The van der Waals surface area contributed by atoms with Crippen molar-refractivity contribution >= 4 is 17.1 Å². The van der Waals surface area contributed by atoms with Gasteiger partial charge in [0.2, 0.25) is 0 Å². The van der Waals surface area contributed by atoms with Gasteiger partial charge in [-0.1, -0.05) is 0 Å². The van der Waals surface area contributed by atoms with Gasteiger partial charge in [-0.3, -0.25) is 4.79 Å². The largest absolute Gasteiger partial charge is 0.465 e. The molecule has 158 valence electrons. The molecular formula is C20H26F2N4O3. The SMILES string of the molecule is CC(C)(C)N(C(=O)O)C1CCN(CCn2c(=O)cnc3ccc(F)c(F)c32)CC1. The second-order valence-electron chi connectivity index (χ2n) is 8.37. The normalized spacial score (nSPS) is 16.3. The van der Waals surface area contributed by atoms with E-state index in [9.17, 15) is 23.5 Å². The molecule has 2 heterocycles. The Labute approximate surface area is 167 Å². The van der Waals surface area contributed by atoms with Crippen LogP contribution in [-0.2, 0) is 6.54 Å². The molecule has 29 heavy (non-hydrogen) atoms. The Hall–Kier alpha value is -2.55. The van der Waals surface area contributed by atoms with Crippen LogP contribution in [0.3, 0.4) is 0 Å². The lowest BCUT2D eigenvalue weighted by Gasteiger charge is -2.43. The molecule has 1 aliphatic rings. The third-order valence-corrected chi connectivity index (χ3v) is 5.39. The molecule has 1 amide bonds. The van der Waals surface area contributed by atoms with Crippen LogP contribution in [0.5, 0.6) is 0 Å². The quantitative estimate of drug-likeness (QED) is 0.842. The van der Waals surface area contributed by atoms with E-state index in [0.29, 0.717) is 32.5 Å². The van der Waals surface area contributed by atoms with Crippen LogP contribution in [0, 0.1) is 11.6 Å². The Morgan fingerprint density at radius 3 is 2.48 bits per heavy atom. The Kier molecular flexibility index (Phi) is 5.88. The summed E-state index contributed by atoms with van der Waals surface area (Å²) in [5.41, 5.74) is -0.868. The number of hydrogen-bond donors (Lipinski definition) is 1. The molecule has 7 nitrogen and oxygen atoms in total. The van der Waals surface area contributed by atoms with Crippen LogP contribution in [0.4, 0.5) is 13.6 Å². The van der Waals surface area contributed by atoms with E-state index in [2.05, 4.69) is 9.88 Å². The van der Waals surface area contributed by atoms with Gasteiger partial charge in [0.05, 0.1) is 11.7 Å². The third kappa shape index (κ3) is 4.39. The average Bonchev–Trinajstić information content (AvgIpc) is 2.64. The van der Waals surface area contributed by atoms with E-state index >= 15 is 0 Å². The van der Waals surface area contributed by atoms with Gasteiger partial charge >= 0.3 is 6.09 Å². The summed E-state index contributed by atoms with van der Waals surface area (Å²) in [5, 5.41) is 9.56. The van der Waals surface area contributed by atoms with Crippen molar-refractivity contribution in [3.05, 3.63) is 40.3 Å². The van der Waals surface area contributed by atoms with E-state index in [1.807, 2.05) is 20.8 Å². The number of likely N-dealkylation sites (tertiary alicyclic amines) is 1. The van der Waals surface area contributed by atoms with E-state index in [-0.39, 0.29) is 23.6 Å². The number of rotatable bonds is 4. The summed E-state index contributed by atoms with van der Waals surface area (Å²) >= 11 is 0. The predicted molar refractivity (Wildman–Crippen MR) is 105 cm³/mol. The van der Waals surface area contributed by atoms with Crippen LogP contribution in [0.25, 0.3) is 11.0 Å². The lowest BCUT2D eigenvalue weighted by atomic mass is 9.97. The van der Waals surface area contributed by atoms with Crippen LogP contribution >= 0.6 is 0 Å². The average molecular weight is 408 g/mol. The molecule has 1 aliphatic heterocycles. The Balaban J connectivity index is 1.70. The van der Waals surface area contributed by atoms with Gasteiger partial charge in [0.25, 0.3) is 5.56 Å². The summed E-state index contributed by atoms with van der Waals surface area (Å²) < 4.78 is 29.2. The first-order valence-corrected chi connectivity index (χ1v) is 9.68. The number of piperidine rings is 1. The Morgan fingerprint density at radius 2 is 1.90 bits per heavy atom. The molecule has 1 aromatic heterocycles. The van der Waals surface area contributed by atoms with Crippen LogP contribution < -0.4 is 5.56 Å². The highest BCUT2D eigenvalue weighted by molar-refractivity contribution is 5.75. The van der Waals surface area contributed by atoms with E-state index in [1.165, 1.54) is 15.5 Å². The number of aromatic nitrogens is 2. The first kappa shape index (κ1) is 21.2. The highest BCUT2D eigenvalue weighted by Gasteiger charge is 2.35. The van der Waals surface area contributed by atoms with Gasteiger partial charge in [0, 0.05) is 37.8 Å². The number of carboxylic acid groups (broad SMARTS) is 1. The van der Waals surface area contributed by atoms with Gasteiger partial charge in [-0.05, 0) is 45.7 Å². The Morgan fingerprint density at radius 1 is 1.24 bits per heavy atom. The molecule has 0 spiro atoms. The van der Waals surface area contributed by atoms with Gasteiger partial charge in [-0.25, -0.2) is 18.6 Å². The summed E-state index contributed by atoms with van der Waals surface area (Å²) in [6, 6.07) is 2.27. The van der Waals surface area contributed by atoms with Crippen LogP contribution in [0.15, 0.2) is 23.1 Å². The molecule has 9 heteroatoms. The van der Waals surface area contributed by atoms with E-state index in [1.54, 1.807) is 0 Å². The van der Waals surface area contributed by atoms with Crippen molar-refractivity contribution in [2.75, 3.05) is 19.6 Å². The molecule has 2 aromatic rings. The molecule has 1 fully saturated rings. The lowest BCUT2D eigenvalue weighted by Crippen LogP contribution is -2.54. The summed E-state index contributed by atoms with van der Waals surface area (Å²) in [7, 11) is 0. The van der Waals surface area contributed by atoms with Crippen LogP contribution in [-0.4, -0.2) is 61.8 Å². The molecule has 0 saturated carbocycles. The zero-order chi connectivity index (χ0) is 21.3. The van der Waals surface area contributed by atoms with Gasteiger partial charge in [0.1, 0.15) is 5.52 Å².